The van der Waals surface area contributed by atoms with E-state index in [9.17, 15) is 0 Å². The van der Waals surface area contributed by atoms with Crippen LogP contribution in [0.25, 0.3) is 0 Å². The van der Waals surface area contributed by atoms with E-state index in [0.717, 1.165) is 0 Å². The first-order valence-electron chi connectivity index (χ1n) is 13.1. The first-order valence-corrected chi connectivity index (χ1v) is 20.0. The minimum Gasteiger partial charge on any atom is -0.0628 e. The summed E-state index contributed by atoms with van der Waals surface area (Å²) in [6.07, 6.45) is 0. The van der Waals surface area contributed by atoms with Gasteiger partial charge in [0.05, 0.1) is 0 Å². The Morgan fingerprint density at radius 2 is 0.568 bits per heavy atom. The SMILES string of the molecule is C[C](C)(C)[Sn][C](C)(C)C.C[Si](c1ccccc1)c1ccccc1.C[Si](c1ccccc1)c1ccccc1. The molecule has 0 fully saturated rings. The van der Waals surface area contributed by atoms with Crippen molar-refractivity contribution in [2.24, 2.45) is 0 Å². The summed E-state index contributed by atoms with van der Waals surface area (Å²) < 4.78 is 1.31. The molecule has 0 heterocycles. The first kappa shape index (κ1) is 31.3. The maximum absolute atomic E-state index is 2.37. The van der Waals surface area contributed by atoms with E-state index >= 15 is 0 Å². The minimum absolute atomic E-state index is 0.182. The van der Waals surface area contributed by atoms with Crippen molar-refractivity contribution in [1.29, 1.82) is 0 Å². The van der Waals surface area contributed by atoms with Crippen molar-refractivity contribution in [2.75, 3.05) is 0 Å². The molecule has 0 aliphatic rings. The van der Waals surface area contributed by atoms with Gasteiger partial charge in [-0.3, -0.25) is 0 Å². The van der Waals surface area contributed by atoms with Crippen molar-refractivity contribution in [3.05, 3.63) is 121 Å². The second kappa shape index (κ2) is 15.5. The van der Waals surface area contributed by atoms with Crippen molar-refractivity contribution in [3.63, 3.8) is 0 Å². The number of rotatable bonds is 4. The van der Waals surface area contributed by atoms with Crippen LogP contribution in [-0.2, 0) is 0 Å². The quantitative estimate of drug-likeness (QED) is 0.214. The molecule has 0 nitrogen and oxygen atoms in total. The zero-order valence-corrected chi connectivity index (χ0v) is 28.9. The van der Waals surface area contributed by atoms with Crippen LogP contribution in [0.4, 0.5) is 0 Å². The van der Waals surface area contributed by atoms with E-state index in [0.29, 0.717) is 6.86 Å². The van der Waals surface area contributed by atoms with Gasteiger partial charge in [0.25, 0.3) is 0 Å². The number of hydrogen-bond acceptors (Lipinski definition) is 0. The molecule has 0 aliphatic heterocycles. The predicted octanol–water partition coefficient (Wildman–Crippen LogP) is 6.98. The van der Waals surface area contributed by atoms with Gasteiger partial charge < -0.3 is 0 Å². The normalized spacial score (nSPS) is 11.3. The summed E-state index contributed by atoms with van der Waals surface area (Å²) in [7, 11) is -1.09. The van der Waals surface area contributed by atoms with E-state index in [1.54, 1.807) is 0 Å². The first-order chi connectivity index (χ1) is 17.5. The summed E-state index contributed by atoms with van der Waals surface area (Å²) in [5.74, 6) is 0. The minimum atomic E-state index is -0.545. The Balaban J connectivity index is 0.000000201. The molecular formula is C34H44Si2Sn. The Bertz CT molecular complexity index is 945. The van der Waals surface area contributed by atoms with Crippen molar-refractivity contribution < 1.29 is 0 Å². The van der Waals surface area contributed by atoms with Gasteiger partial charge in [0.15, 0.2) is 0 Å². The maximum atomic E-state index is 2.37. The fourth-order valence-corrected chi connectivity index (χ4v) is 14.1. The molecule has 0 saturated carbocycles. The second-order valence-corrected chi connectivity index (χ2v) is 25.4. The molecule has 4 radical (unpaired) electrons. The van der Waals surface area contributed by atoms with Crippen LogP contribution in [0.1, 0.15) is 41.5 Å². The fourth-order valence-electron chi connectivity index (χ4n) is 4.21. The van der Waals surface area contributed by atoms with E-state index in [-0.39, 0.29) is 21.1 Å². The molecule has 4 aromatic carbocycles. The number of benzene rings is 4. The molecule has 4 aromatic rings. The third-order valence-corrected chi connectivity index (χ3v) is 14.7. The molecule has 0 aromatic heterocycles. The van der Waals surface area contributed by atoms with Gasteiger partial charge in [-0.2, -0.15) is 0 Å². The molecule has 37 heavy (non-hydrogen) atoms. The van der Waals surface area contributed by atoms with Gasteiger partial charge in [-0.05, 0) is 0 Å². The van der Waals surface area contributed by atoms with E-state index in [2.05, 4.69) is 176 Å². The predicted molar refractivity (Wildman–Crippen MR) is 173 cm³/mol. The van der Waals surface area contributed by atoms with Crippen molar-refractivity contribution >= 4 is 59.5 Å². The molecule has 4 rings (SSSR count). The van der Waals surface area contributed by atoms with Gasteiger partial charge in [0, 0.05) is 0 Å². The van der Waals surface area contributed by atoms with Crippen LogP contribution in [0.2, 0.25) is 20.0 Å². The zero-order valence-electron chi connectivity index (χ0n) is 24.0. The van der Waals surface area contributed by atoms with Crippen LogP contribution >= 0.6 is 0 Å². The zero-order chi connectivity index (χ0) is 27.3. The average Bonchev–Trinajstić information content (AvgIpc) is 2.88. The molecule has 0 aliphatic carbocycles. The largest absolute Gasteiger partial charge is 0.118 e. The molecule has 0 spiro atoms. The molecule has 3 heteroatoms. The molecule has 0 atom stereocenters. The van der Waals surface area contributed by atoms with Gasteiger partial charge in [-0.15, -0.1) is 0 Å². The Morgan fingerprint density at radius 1 is 0.378 bits per heavy atom. The number of hydrogen-bond donors (Lipinski definition) is 0. The molecule has 0 bridgehead atoms. The van der Waals surface area contributed by atoms with Crippen LogP contribution in [0.5, 0.6) is 0 Å². The summed E-state index contributed by atoms with van der Waals surface area (Å²) in [6.45, 7) is 18.9. The van der Waals surface area contributed by atoms with Gasteiger partial charge in [0.2, 0.25) is 0 Å². The molecule has 192 valence electrons. The van der Waals surface area contributed by atoms with Crippen molar-refractivity contribution in [2.45, 2.75) is 61.5 Å². The van der Waals surface area contributed by atoms with Gasteiger partial charge in [-0.25, -0.2) is 0 Å². The maximum Gasteiger partial charge on any atom is 0.118 e. The molecule has 0 unspecified atom stereocenters. The van der Waals surface area contributed by atoms with Crippen LogP contribution in [0.15, 0.2) is 121 Å². The van der Waals surface area contributed by atoms with E-state index in [1.807, 2.05) is 0 Å². The van der Waals surface area contributed by atoms with Crippen LogP contribution in [-0.4, -0.2) is 38.7 Å². The fraction of sp³-hybridized carbons (Fsp3) is 0.294. The Labute approximate surface area is 241 Å². The summed E-state index contributed by atoms with van der Waals surface area (Å²) in [6, 6.07) is 43.0. The van der Waals surface area contributed by atoms with Gasteiger partial charge in [0.1, 0.15) is 17.6 Å². The Morgan fingerprint density at radius 3 is 0.703 bits per heavy atom. The van der Waals surface area contributed by atoms with Crippen LogP contribution < -0.4 is 20.7 Å². The smallest absolute Gasteiger partial charge is 0.0628 e. The molecular weight excluding hydrogens is 583 g/mol. The summed E-state index contributed by atoms with van der Waals surface area (Å²) in [4.78, 5) is 0. The standard InChI is InChI=1S/2C13H13Si.2C4H9.Sn/c2*1-14(12-8-4-2-5-9-12)13-10-6-3-7-11-13;2*1-4(2)3;/h2*2-11H,1H3;2*1-3H3;. The molecule has 0 amide bonds. The summed E-state index contributed by atoms with van der Waals surface area (Å²) >= 11 is -0.182. The third kappa shape index (κ3) is 13.0. The van der Waals surface area contributed by atoms with E-state index in [4.69, 9.17) is 0 Å². The van der Waals surface area contributed by atoms with Crippen LogP contribution in [0.3, 0.4) is 0 Å². The molecule has 0 N–H and O–H groups in total. The topological polar surface area (TPSA) is 0 Å². The van der Waals surface area contributed by atoms with Gasteiger partial charge >= 0.3 is 69.5 Å². The summed E-state index contributed by atoms with van der Waals surface area (Å²) in [5, 5.41) is 5.90. The van der Waals surface area contributed by atoms with Crippen molar-refractivity contribution in [3.8, 4) is 0 Å². The average molecular weight is 628 g/mol. The second-order valence-electron chi connectivity index (χ2n) is 11.3. The Kier molecular flexibility index (Phi) is 13.1. The van der Waals surface area contributed by atoms with Crippen LogP contribution in [0, 0.1) is 0 Å². The van der Waals surface area contributed by atoms with E-state index in [1.165, 1.54) is 20.7 Å². The summed E-state index contributed by atoms with van der Waals surface area (Å²) in [5.41, 5.74) is 0. The van der Waals surface area contributed by atoms with E-state index < -0.39 is 17.6 Å². The molecule has 0 saturated heterocycles. The monoisotopic (exact) mass is 628 g/mol. The van der Waals surface area contributed by atoms with Gasteiger partial charge in [-0.1, -0.05) is 155 Å². The third-order valence-electron chi connectivity index (χ3n) is 5.58. The Hall–Kier alpha value is -1.89. The van der Waals surface area contributed by atoms with Crippen molar-refractivity contribution in [1.82, 2.24) is 0 Å².